The molecule has 0 aliphatic carbocycles. The number of nitrogens with zero attached hydrogens (tertiary/aromatic N) is 1. The van der Waals surface area contributed by atoms with Gasteiger partial charge in [0.1, 0.15) is 0 Å². The number of hydrogen-bond acceptors (Lipinski definition) is 2. The molecule has 0 saturated heterocycles. The van der Waals surface area contributed by atoms with Gasteiger partial charge in [-0.25, -0.2) is 0 Å². The molecule has 1 N–H and O–H groups in total. The van der Waals surface area contributed by atoms with Gasteiger partial charge in [-0.2, -0.15) is 0 Å². The van der Waals surface area contributed by atoms with E-state index in [1.54, 1.807) is 11.3 Å². The van der Waals surface area contributed by atoms with Crippen LogP contribution in [0.1, 0.15) is 18.7 Å². The van der Waals surface area contributed by atoms with E-state index in [4.69, 9.17) is 17.0 Å². The Morgan fingerprint density at radius 2 is 2.21 bits per heavy atom. The first-order valence-electron chi connectivity index (χ1n) is 4.54. The molecule has 0 bridgehead atoms. The third-order valence-electron chi connectivity index (χ3n) is 1.98. The summed E-state index contributed by atoms with van der Waals surface area (Å²) < 4.78 is 0.810. The van der Waals surface area contributed by atoms with E-state index in [1.807, 2.05) is 37.9 Å². The van der Waals surface area contributed by atoms with Crippen molar-refractivity contribution in [1.29, 1.82) is 5.41 Å². The van der Waals surface area contributed by atoms with E-state index in [-0.39, 0.29) is 5.92 Å². The number of nitrogens with one attached hydrogen (secondary N) is 1. The van der Waals surface area contributed by atoms with Crippen LogP contribution in [0.5, 0.6) is 0 Å². The van der Waals surface area contributed by atoms with Gasteiger partial charge in [0.15, 0.2) is 0 Å². The Balaban J connectivity index is 2.57. The minimum absolute atomic E-state index is 0.274. The summed E-state index contributed by atoms with van der Waals surface area (Å²) in [4.78, 5) is 3.15. The SMILES string of the molecule is CC(C)C(=N)N(C)Cc1ccc(Cl)s1. The van der Waals surface area contributed by atoms with Gasteiger partial charge in [0, 0.05) is 17.8 Å². The molecule has 1 heterocycles. The number of hydrogen-bond donors (Lipinski definition) is 1. The highest BCUT2D eigenvalue weighted by Crippen LogP contribution is 2.22. The third kappa shape index (κ3) is 3.00. The van der Waals surface area contributed by atoms with Crippen molar-refractivity contribution in [2.45, 2.75) is 20.4 Å². The molecule has 78 valence electrons. The maximum Gasteiger partial charge on any atom is 0.0984 e. The van der Waals surface area contributed by atoms with Crippen molar-refractivity contribution in [3.63, 3.8) is 0 Å². The lowest BCUT2D eigenvalue weighted by atomic mass is 10.2. The second-order valence-corrected chi connectivity index (χ2v) is 5.40. The Labute approximate surface area is 94.0 Å². The quantitative estimate of drug-likeness (QED) is 0.625. The fourth-order valence-electron chi connectivity index (χ4n) is 1.20. The fraction of sp³-hybridized carbons (Fsp3) is 0.500. The molecule has 1 aromatic rings. The topological polar surface area (TPSA) is 27.1 Å². The second kappa shape index (κ2) is 4.80. The first kappa shape index (κ1) is 11.5. The zero-order chi connectivity index (χ0) is 10.7. The Morgan fingerprint density at radius 1 is 1.57 bits per heavy atom. The summed E-state index contributed by atoms with van der Waals surface area (Å²) in [5, 5.41) is 7.80. The smallest absolute Gasteiger partial charge is 0.0984 e. The van der Waals surface area contributed by atoms with Crippen LogP contribution in [0.25, 0.3) is 0 Å². The minimum atomic E-state index is 0.274. The Kier molecular flexibility index (Phi) is 3.96. The standard InChI is InChI=1S/C10H15ClN2S/c1-7(2)10(12)13(3)6-8-4-5-9(11)14-8/h4-5,7,12H,6H2,1-3H3. The summed E-state index contributed by atoms with van der Waals surface area (Å²) in [6.07, 6.45) is 0. The number of halogens is 1. The molecule has 0 saturated carbocycles. The highest BCUT2D eigenvalue weighted by molar-refractivity contribution is 7.16. The second-order valence-electron chi connectivity index (χ2n) is 3.60. The Morgan fingerprint density at radius 3 is 2.64 bits per heavy atom. The Hall–Kier alpha value is -0.540. The van der Waals surface area contributed by atoms with Crippen LogP contribution in [0, 0.1) is 11.3 Å². The molecule has 0 radical (unpaired) electrons. The summed E-state index contributed by atoms with van der Waals surface area (Å²) in [5.41, 5.74) is 0. The lowest BCUT2D eigenvalue weighted by Gasteiger charge is -2.21. The normalized spacial score (nSPS) is 10.6. The molecule has 2 nitrogen and oxygen atoms in total. The van der Waals surface area contributed by atoms with Crippen molar-refractivity contribution < 1.29 is 0 Å². The maximum atomic E-state index is 7.80. The maximum absolute atomic E-state index is 7.80. The molecular weight excluding hydrogens is 216 g/mol. The molecule has 0 aliphatic heterocycles. The average molecular weight is 231 g/mol. The molecule has 0 fully saturated rings. The van der Waals surface area contributed by atoms with E-state index < -0.39 is 0 Å². The van der Waals surface area contributed by atoms with Gasteiger partial charge in [0.2, 0.25) is 0 Å². The van der Waals surface area contributed by atoms with E-state index in [0.29, 0.717) is 5.84 Å². The summed E-state index contributed by atoms with van der Waals surface area (Å²) >= 11 is 7.40. The van der Waals surface area contributed by atoms with Gasteiger partial charge in [-0.15, -0.1) is 11.3 Å². The molecule has 1 aromatic heterocycles. The molecule has 0 atom stereocenters. The van der Waals surface area contributed by atoms with Crippen LogP contribution in [-0.2, 0) is 6.54 Å². The Bertz CT molecular complexity index is 320. The van der Waals surface area contributed by atoms with Crippen LogP contribution in [0.4, 0.5) is 0 Å². The van der Waals surface area contributed by atoms with Gasteiger partial charge < -0.3 is 4.90 Å². The van der Waals surface area contributed by atoms with Crippen LogP contribution in [0.2, 0.25) is 4.34 Å². The van der Waals surface area contributed by atoms with Crippen LogP contribution in [0.15, 0.2) is 12.1 Å². The molecule has 14 heavy (non-hydrogen) atoms. The zero-order valence-electron chi connectivity index (χ0n) is 8.67. The van der Waals surface area contributed by atoms with E-state index >= 15 is 0 Å². The predicted molar refractivity (Wildman–Crippen MR) is 63.4 cm³/mol. The van der Waals surface area contributed by atoms with Crippen molar-refractivity contribution in [2.24, 2.45) is 5.92 Å². The molecule has 0 amide bonds. The molecule has 0 aromatic carbocycles. The first-order valence-corrected chi connectivity index (χ1v) is 5.74. The van der Waals surface area contributed by atoms with Crippen molar-refractivity contribution in [2.75, 3.05) is 7.05 Å². The van der Waals surface area contributed by atoms with Gasteiger partial charge >= 0.3 is 0 Å². The summed E-state index contributed by atoms with van der Waals surface area (Å²) in [7, 11) is 1.94. The molecule has 4 heteroatoms. The van der Waals surface area contributed by atoms with E-state index in [1.165, 1.54) is 4.88 Å². The van der Waals surface area contributed by atoms with Crippen LogP contribution < -0.4 is 0 Å². The van der Waals surface area contributed by atoms with Gasteiger partial charge in [-0.05, 0) is 12.1 Å². The largest absolute Gasteiger partial charge is 0.358 e. The minimum Gasteiger partial charge on any atom is -0.358 e. The van der Waals surface area contributed by atoms with Gasteiger partial charge in [0.05, 0.1) is 16.7 Å². The number of rotatable bonds is 3. The molecule has 0 aliphatic rings. The monoisotopic (exact) mass is 230 g/mol. The van der Waals surface area contributed by atoms with Gasteiger partial charge in [-0.3, -0.25) is 5.41 Å². The van der Waals surface area contributed by atoms with Crippen LogP contribution in [-0.4, -0.2) is 17.8 Å². The molecule has 0 spiro atoms. The molecule has 1 rings (SSSR count). The summed E-state index contributed by atoms with van der Waals surface area (Å²) in [6, 6.07) is 3.91. The van der Waals surface area contributed by atoms with Crippen molar-refractivity contribution in [1.82, 2.24) is 4.90 Å². The average Bonchev–Trinajstić information content (AvgIpc) is 2.49. The van der Waals surface area contributed by atoms with Crippen LogP contribution in [0.3, 0.4) is 0 Å². The molecular formula is C10H15ClN2S. The lowest BCUT2D eigenvalue weighted by molar-refractivity contribution is 0.473. The molecule has 0 unspecified atom stereocenters. The zero-order valence-corrected chi connectivity index (χ0v) is 10.2. The van der Waals surface area contributed by atoms with Crippen molar-refractivity contribution >= 4 is 28.8 Å². The highest BCUT2D eigenvalue weighted by Gasteiger charge is 2.09. The predicted octanol–water partition coefficient (Wildman–Crippen LogP) is 3.47. The highest BCUT2D eigenvalue weighted by atomic mass is 35.5. The van der Waals surface area contributed by atoms with E-state index in [2.05, 4.69) is 0 Å². The fourth-order valence-corrected chi connectivity index (χ4v) is 2.34. The van der Waals surface area contributed by atoms with Gasteiger partial charge in [-0.1, -0.05) is 25.4 Å². The lowest BCUT2D eigenvalue weighted by Crippen LogP contribution is -2.28. The summed E-state index contributed by atoms with van der Waals surface area (Å²) in [5.74, 6) is 0.935. The van der Waals surface area contributed by atoms with Crippen molar-refractivity contribution in [3.05, 3.63) is 21.3 Å². The van der Waals surface area contributed by atoms with Crippen molar-refractivity contribution in [3.8, 4) is 0 Å². The summed E-state index contributed by atoms with van der Waals surface area (Å²) in [6.45, 7) is 4.83. The first-order chi connectivity index (χ1) is 6.50. The number of amidine groups is 1. The van der Waals surface area contributed by atoms with E-state index in [9.17, 15) is 0 Å². The number of thiophene rings is 1. The van der Waals surface area contributed by atoms with Crippen LogP contribution >= 0.6 is 22.9 Å². The third-order valence-corrected chi connectivity index (χ3v) is 3.20. The van der Waals surface area contributed by atoms with E-state index in [0.717, 1.165) is 10.9 Å². The van der Waals surface area contributed by atoms with Gasteiger partial charge in [0.25, 0.3) is 0 Å².